The molecule has 1 N–H and O–H groups in total. The summed E-state index contributed by atoms with van der Waals surface area (Å²) in [6.45, 7) is 3.06. The number of β-amino-alcohol motifs (C(OH)–C–C–N with tert-alkyl or cyclic N) is 1. The van der Waals surface area contributed by atoms with Crippen molar-refractivity contribution < 1.29 is 14.6 Å². The van der Waals surface area contributed by atoms with E-state index in [0.717, 1.165) is 43.6 Å². The van der Waals surface area contributed by atoms with E-state index in [2.05, 4.69) is 41.2 Å². The van der Waals surface area contributed by atoms with E-state index >= 15 is 0 Å². The van der Waals surface area contributed by atoms with Gasteiger partial charge in [0.05, 0.1) is 12.2 Å². The maximum absolute atomic E-state index is 12.2. The van der Waals surface area contributed by atoms with E-state index < -0.39 is 6.10 Å². The molecule has 2 aliphatic heterocycles. The molecule has 0 saturated carbocycles. The number of hydrogen-bond acceptors (Lipinski definition) is 4. The summed E-state index contributed by atoms with van der Waals surface area (Å²) in [6, 6.07) is 16.4. The van der Waals surface area contributed by atoms with Crippen LogP contribution in [0.25, 0.3) is 0 Å². The number of aryl methyl sites for hydroxylation is 1. The van der Waals surface area contributed by atoms with Gasteiger partial charge in [-0.1, -0.05) is 42.3 Å². The molecule has 2 aromatic rings. The number of aliphatic hydroxyl groups is 1. The molecular weight excluding hydrogens is 388 g/mol. The van der Waals surface area contributed by atoms with E-state index in [9.17, 15) is 9.90 Å². The number of fused-ring (bicyclic) bond motifs is 1. The molecule has 0 radical (unpaired) electrons. The molecule has 1 atom stereocenters. The number of ether oxygens (including phenoxy) is 1. The minimum Gasteiger partial charge on any atom is -0.491 e. The van der Waals surface area contributed by atoms with Crippen LogP contribution in [0.2, 0.25) is 0 Å². The monoisotopic (exact) mass is 418 g/mol. The number of rotatable bonds is 7. The van der Waals surface area contributed by atoms with Crippen LogP contribution >= 0.6 is 0 Å². The Bertz CT molecular complexity index is 929. The predicted octanol–water partition coefficient (Wildman–Crippen LogP) is 3.22. The van der Waals surface area contributed by atoms with Gasteiger partial charge in [0.25, 0.3) is 0 Å². The van der Waals surface area contributed by atoms with Crippen molar-refractivity contribution >= 4 is 11.6 Å². The summed E-state index contributed by atoms with van der Waals surface area (Å²) in [4.78, 5) is 16.2. The van der Waals surface area contributed by atoms with Crippen LogP contribution in [0.1, 0.15) is 36.3 Å². The van der Waals surface area contributed by atoms with Gasteiger partial charge in [-0.2, -0.15) is 0 Å². The number of anilines is 1. The van der Waals surface area contributed by atoms with Gasteiger partial charge >= 0.3 is 0 Å². The van der Waals surface area contributed by atoms with Crippen molar-refractivity contribution in [3.05, 3.63) is 59.7 Å². The molecule has 1 amide bonds. The van der Waals surface area contributed by atoms with Crippen LogP contribution in [0, 0.1) is 12.3 Å². The van der Waals surface area contributed by atoms with Crippen LogP contribution < -0.4 is 9.64 Å². The number of amides is 1. The number of carbonyl (C=O) groups is 1. The zero-order chi connectivity index (χ0) is 21.6. The molecule has 31 heavy (non-hydrogen) atoms. The predicted molar refractivity (Wildman–Crippen MR) is 122 cm³/mol. The number of terminal acetylenes is 1. The van der Waals surface area contributed by atoms with Crippen LogP contribution in [0.4, 0.5) is 5.69 Å². The molecule has 2 aromatic carbocycles. The molecule has 0 bridgehead atoms. The molecule has 1 fully saturated rings. The normalized spacial score (nSPS) is 18.3. The van der Waals surface area contributed by atoms with Crippen molar-refractivity contribution in [1.29, 1.82) is 0 Å². The Labute approximate surface area is 184 Å². The maximum atomic E-state index is 12.2. The van der Waals surface area contributed by atoms with Gasteiger partial charge in [-0.05, 0) is 55.5 Å². The van der Waals surface area contributed by atoms with Crippen molar-refractivity contribution in [2.24, 2.45) is 0 Å². The van der Waals surface area contributed by atoms with Crippen LogP contribution in [-0.4, -0.2) is 54.8 Å². The van der Waals surface area contributed by atoms with Gasteiger partial charge in [-0.25, -0.2) is 0 Å². The van der Waals surface area contributed by atoms with Gasteiger partial charge in [-0.15, -0.1) is 6.42 Å². The van der Waals surface area contributed by atoms with Crippen LogP contribution in [0.5, 0.6) is 5.75 Å². The highest BCUT2D eigenvalue weighted by molar-refractivity contribution is 5.97. The van der Waals surface area contributed by atoms with Crippen molar-refractivity contribution in [1.82, 2.24) is 4.90 Å². The molecule has 0 spiro atoms. The number of piperidine rings is 1. The maximum Gasteiger partial charge on any atom is 0.228 e. The third kappa shape index (κ3) is 5.28. The second-order valence-corrected chi connectivity index (χ2v) is 8.42. The fraction of sp³-hybridized carbons (Fsp3) is 0.423. The van der Waals surface area contributed by atoms with Gasteiger partial charge in [-0.3, -0.25) is 4.79 Å². The van der Waals surface area contributed by atoms with Crippen LogP contribution in [0.3, 0.4) is 0 Å². The molecule has 5 heteroatoms. The lowest BCUT2D eigenvalue weighted by Crippen LogP contribution is -2.40. The fourth-order valence-electron chi connectivity index (χ4n) is 4.59. The van der Waals surface area contributed by atoms with E-state index in [1.165, 1.54) is 5.56 Å². The first kappa shape index (κ1) is 21.4. The van der Waals surface area contributed by atoms with Gasteiger partial charge < -0.3 is 19.6 Å². The summed E-state index contributed by atoms with van der Waals surface area (Å²) in [5, 5.41) is 10.5. The largest absolute Gasteiger partial charge is 0.491 e. The number of hydrogen-bond donors (Lipinski definition) is 1. The van der Waals surface area contributed by atoms with E-state index in [0.29, 0.717) is 24.6 Å². The number of aliphatic hydroxyl groups excluding tert-OH is 1. The number of benzene rings is 2. The van der Waals surface area contributed by atoms with Gasteiger partial charge in [0, 0.05) is 19.0 Å². The molecule has 1 unspecified atom stereocenters. The topological polar surface area (TPSA) is 53.0 Å². The van der Waals surface area contributed by atoms with Crippen molar-refractivity contribution in [2.45, 2.75) is 37.7 Å². The molecule has 4 rings (SSSR count). The second kappa shape index (κ2) is 10.00. The molecule has 0 aliphatic carbocycles. The lowest BCUT2D eigenvalue weighted by Gasteiger charge is -2.33. The first-order chi connectivity index (χ1) is 15.1. The van der Waals surface area contributed by atoms with E-state index in [4.69, 9.17) is 11.2 Å². The summed E-state index contributed by atoms with van der Waals surface area (Å²) in [7, 11) is 0. The average molecular weight is 419 g/mol. The first-order valence-electron chi connectivity index (χ1n) is 11.1. The molecule has 0 aromatic heterocycles. The fourth-order valence-corrected chi connectivity index (χ4v) is 4.59. The first-order valence-corrected chi connectivity index (χ1v) is 11.1. The molecule has 2 aliphatic rings. The SMILES string of the molecule is C#CCN1C(=O)CCc2ccc(OCC(O)CN3CCC(c4ccccc4)CC3)cc21. The Hall–Kier alpha value is -2.81. The van der Waals surface area contributed by atoms with E-state index in [1.54, 1.807) is 4.90 Å². The minimum absolute atomic E-state index is 0.0431. The van der Waals surface area contributed by atoms with Gasteiger partial charge in [0.1, 0.15) is 18.5 Å². The lowest BCUT2D eigenvalue weighted by atomic mass is 9.89. The standard InChI is InChI=1S/C26H30N2O3/c1-2-14-28-25-17-24(10-8-22(25)9-11-26(28)30)31-19-23(29)18-27-15-12-21(13-16-27)20-6-4-3-5-7-20/h1,3-8,10,17,21,23,29H,9,11-16,18-19H2. The van der Waals surface area contributed by atoms with E-state index in [1.807, 2.05) is 18.2 Å². The molecule has 5 nitrogen and oxygen atoms in total. The average Bonchev–Trinajstić information content (AvgIpc) is 2.81. The summed E-state index contributed by atoms with van der Waals surface area (Å²) in [5.41, 5.74) is 3.34. The Balaban J connectivity index is 1.27. The molecule has 162 valence electrons. The Morgan fingerprint density at radius 2 is 1.90 bits per heavy atom. The van der Waals surface area contributed by atoms with Crippen molar-refractivity contribution in [2.75, 3.05) is 37.7 Å². The highest BCUT2D eigenvalue weighted by atomic mass is 16.5. The summed E-state index contributed by atoms with van der Waals surface area (Å²) in [5.74, 6) is 3.86. The zero-order valence-corrected chi connectivity index (χ0v) is 17.9. The third-order valence-corrected chi connectivity index (χ3v) is 6.28. The van der Waals surface area contributed by atoms with E-state index in [-0.39, 0.29) is 19.1 Å². The van der Waals surface area contributed by atoms with Crippen LogP contribution in [-0.2, 0) is 11.2 Å². The number of likely N-dealkylation sites (tertiary alicyclic amines) is 1. The van der Waals surface area contributed by atoms with Crippen molar-refractivity contribution in [3.8, 4) is 18.1 Å². The highest BCUT2D eigenvalue weighted by Crippen LogP contribution is 2.31. The summed E-state index contributed by atoms with van der Waals surface area (Å²) in [6.07, 6.45) is 8.30. The van der Waals surface area contributed by atoms with Crippen molar-refractivity contribution in [3.63, 3.8) is 0 Å². The summed E-state index contributed by atoms with van der Waals surface area (Å²) >= 11 is 0. The van der Waals surface area contributed by atoms with Gasteiger partial charge in [0.15, 0.2) is 0 Å². The number of nitrogens with zero attached hydrogens (tertiary/aromatic N) is 2. The van der Waals surface area contributed by atoms with Gasteiger partial charge in [0.2, 0.25) is 5.91 Å². The lowest BCUT2D eigenvalue weighted by molar-refractivity contribution is -0.118. The second-order valence-electron chi connectivity index (χ2n) is 8.42. The Morgan fingerprint density at radius 3 is 2.65 bits per heavy atom. The number of carbonyl (C=O) groups excluding carboxylic acids is 1. The summed E-state index contributed by atoms with van der Waals surface area (Å²) < 4.78 is 5.86. The van der Waals surface area contributed by atoms with Crippen LogP contribution in [0.15, 0.2) is 48.5 Å². The highest BCUT2D eigenvalue weighted by Gasteiger charge is 2.25. The minimum atomic E-state index is -0.562. The smallest absolute Gasteiger partial charge is 0.228 e. The Morgan fingerprint density at radius 1 is 1.13 bits per heavy atom. The molecular formula is C26H30N2O3. The molecule has 2 heterocycles. The quantitative estimate of drug-likeness (QED) is 0.702. The Kier molecular flexibility index (Phi) is 6.91. The third-order valence-electron chi connectivity index (χ3n) is 6.28. The zero-order valence-electron chi connectivity index (χ0n) is 17.9. The molecule has 1 saturated heterocycles.